The number of nitrogens with zero attached hydrogens (tertiary/aromatic N) is 2. The fraction of sp³-hybridized carbons (Fsp3) is 0.800. The molecule has 0 spiro atoms. The summed E-state index contributed by atoms with van der Waals surface area (Å²) in [4.78, 5) is 2.00. The lowest BCUT2D eigenvalue weighted by Gasteiger charge is -1.90. The molecule has 0 aliphatic rings. The van der Waals surface area contributed by atoms with Crippen LogP contribution in [0.4, 0.5) is 0 Å². The van der Waals surface area contributed by atoms with Crippen molar-refractivity contribution in [1.82, 2.24) is 4.90 Å². The van der Waals surface area contributed by atoms with Crippen molar-refractivity contribution in [3.8, 4) is 5.97 Å². The molecule has 2 nitrogen and oxygen atoms in total. The Morgan fingerprint density at radius 2 is 1.50 bits per heavy atom. The van der Waals surface area contributed by atoms with Gasteiger partial charge in [-0.1, -0.05) is 6.82 Å². The average Bonchev–Trinajstić information content (AvgIpc) is 1.65. The van der Waals surface area contributed by atoms with Crippen LogP contribution < -0.4 is 0 Å². The van der Waals surface area contributed by atoms with Crippen LogP contribution >= 0.6 is 0 Å². The minimum Gasteiger partial charge on any atom is -0.312 e. The Labute approximate surface area is 52.3 Å². The molecule has 0 aliphatic heterocycles. The smallest absolute Gasteiger partial charge is 0.251 e. The Morgan fingerprint density at radius 3 is 1.50 bits per heavy atom. The van der Waals surface area contributed by atoms with Crippen molar-refractivity contribution in [3.63, 3.8) is 0 Å². The molecule has 45 valence electrons. The van der Waals surface area contributed by atoms with Crippen molar-refractivity contribution >= 4 is 7.28 Å². The fourth-order valence-corrected chi connectivity index (χ4v) is 0. The number of hydrogen-bond acceptors (Lipinski definition) is 2. The largest absolute Gasteiger partial charge is 0.312 e. The van der Waals surface area contributed by atoms with Crippen LogP contribution in [-0.2, 0) is 0 Å². The third kappa shape index (κ3) is 424. The van der Waals surface area contributed by atoms with E-state index in [1.165, 1.54) is 7.28 Å². The number of nitriles is 1. The molecule has 0 unspecified atom stereocenters. The van der Waals surface area contributed by atoms with Crippen LogP contribution in [0.3, 0.4) is 0 Å². The molecule has 0 atom stereocenters. The lowest BCUT2D eigenvalue weighted by molar-refractivity contribution is 0.505. The Hall–Kier alpha value is -0.485. The lowest BCUT2D eigenvalue weighted by atomic mass is 9.86. The van der Waals surface area contributed by atoms with Gasteiger partial charge in [0.1, 0.15) is 0 Å². The van der Waals surface area contributed by atoms with Crippen molar-refractivity contribution in [3.05, 3.63) is 0 Å². The van der Waals surface area contributed by atoms with E-state index in [2.05, 4.69) is 0 Å². The highest BCUT2D eigenvalue weighted by molar-refractivity contribution is 6.43. The molecular weight excluding hydrogens is 98.9 g/mol. The molecule has 0 rings (SSSR count). The molecule has 0 aromatic heterocycles. The topological polar surface area (TPSA) is 27.0 Å². The van der Waals surface area contributed by atoms with Crippen LogP contribution in [0.5, 0.6) is 0 Å². The van der Waals surface area contributed by atoms with E-state index < -0.39 is 0 Å². The van der Waals surface area contributed by atoms with Crippen molar-refractivity contribution in [2.24, 2.45) is 0 Å². The van der Waals surface area contributed by atoms with Crippen molar-refractivity contribution < 1.29 is 0 Å². The van der Waals surface area contributed by atoms with E-state index in [-0.39, 0.29) is 0 Å². The minimum atomic E-state index is 1.43. The Kier molecular flexibility index (Phi) is 12.7. The van der Waals surface area contributed by atoms with E-state index in [1.807, 2.05) is 26.0 Å². The van der Waals surface area contributed by atoms with Crippen molar-refractivity contribution in [1.29, 1.82) is 5.26 Å². The monoisotopic (exact) mass is 111 g/mol. The molecule has 0 aromatic rings. The zero-order valence-electron chi connectivity index (χ0n) is 5.97. The molecule has 0 saturated carbocycles. The second-order valence-corrected chi connectivity index (χ2v) is 1.76. The number of rotatable bonds is 0. The first kappa shape index (κ1) is 10.5. The summed E-state index contributed by atoms with van der Waals surface area (Å²) in [7, 11) is 7.43. The zero-order chi connectivity index (χ0) is 6.99. The summed E-state index contributed by atoms with van der Waals surface area (Å²) in [6.45, 7) is 1.69. The normalized spacial score (nSPS) is 6.50. The van der Waals surface area contributed by atoms with Gasteiger partial charge in [0, 0.05) is 0 Å². The van der Waals surface area contributed by atoms with Gasteiger partial charge in [0.05, 0.1) is 0 Å². The average molecular weight is 111 g/mol. The van der Waals surface area contributed by atoms with Crippen molar-refractivity contribution in [2.45, 2.75) is 6.82 Å². The lowest BCUT2D eigenvalue weighted by Crippen LogP contribution is -1.99. The Morgan fingerprint density at radius 1 is 1.38 bits per heavy atom. The SMILES string of the molecule is CN(C)C.C[B]C#N. The highest BCUT2D eigenvalue weighted by Gasteiger charge is 1.58. The predicted octanol–water partition coefficient (Wildman–Crippen LogP) is 0.398. The van der Waals surface area contributed by atoms with Crippen LogP contribution in [0, 0.1) is 11.2 Å². The maximum atomic E-state index is 7.57. The minimum absolute atomic E-state index is 1.43. The van der Waals surface area contributed by atoms with Gasteiger partial charge < -0.3 is 4.90 Å². The second kappa shape index (κ2) is 9.72. The van der Waals surface area contributed by atoms with E-state index in [0.717, 1.165) is 0 Å². The van der Waals surface area contributed by atoms with E-state index >= 15 is 0 Å². The van der Waals surface area contributed by atoms with Crippen LogP contribution in [0.2, 0.25) is 6.82 Å². The zero-order valence-corrected chi connectivity index (χ0v) is 5.97. The van der Waals surface area contributed by atoms with Crippen LogP contribution in [0.15, 0.2) is 0 Å². The van der Waals surface area contributed by atoms with Gasteiger partial charge in [0.25, 0.3) is 7.28 Å². The first-order valence-electron chi connectivity index (χ1n) is 2.43. The molecule has 0 fully saturated rings. The summed E-state index contributed by atoms with van der Waals surface area (Å²) in [6.07, 6.45) is 0. The Balaban J connectivity index is 0. The second-order valence-electron chi connectivity index (χ2n) is 1.76. The van der Waals surface area contributed by atoms with Crippen LogP contribution in [0.25, 0.3) is 0 Å². The van der Waals surface area contributed by atoms with Gasteiger partial charge in [-0.2, -0.15) is 0 Å². The van der Waals surface area contributed by atoms with Gasteiger partial charge in [-0.3, -0.25) is 0 Å². The third-order valence-electron chi connectivity index (χ3n) is 0.129. The molecule has 0 heterocycles. The maximum Gasteiger partial charge on any atom is 0.251 e. The van der Waals surface area contributed by atoms with Gasteiger partial charge in [-0.25, -0.2) is 5.26 Å². The summed E-state index contributed by atoms with van der Waals surface area (Å²) in [5.74, 6) is 1.81. The number of hydrogen-bond donors (Lipinski definition) is 0. The van der Waals surface area contributed by atoms with E-state index in [1.54, 1.807) is 12.8 Å². The van der Waals surface area contributed by atoms with Gasteiger partial charge >= 0.3 is 0 Å². The predicted molar refractivity (Wildman–Crippen MR) is 36.8 cm³/mol. The molecule has 1 radical (unpaired) electrons. The standard InChI is InChI=1S/C3H9N.C2H3BN/c1-4(2)3;1-3-2-4/h1-3H3;1H3. The van der Waals surface area contributed by atoms with Gasteiger partial charge in [0.15, 0.2) is 0 Å². The molecule has 0 bridgehead atoms. The summed E-state index contributed by atoms with van der Waals surface area (Å²) < 4.78 is 0. The van der Waals surface area contributed by atoms with Crippen molar-refractivity contribution in [2.75, 3.05) is 21.1 Å². The molecule has 0 aliphatic carbocycles. The van der Waals surface area contributed by atoms with Gasteiger partial charge in [-0.05, 0) is 27.1 Å². The van der Waals surface area contributed by atoms with E-state index in [9.17, 15) is 0 Å². The highest BCUT2D eigenvalue weighted by atomic mass is 15.0. The molecule has 3 heteroatoms. The van der Waals surface area contributed by atoms with Gasteiger partial charge in [-0.15, -0.1) is 0 Å². The fourth-order valence-electron chi connectivity index (χ4n) is 0. The maximum absolute atomic E-state index is 7.57. The Bertz CT molecular complexity index is 62.6. The molecule has 0 amide bonds. The summed E-state index contributed by atoms with van der Waals surface area (Å²) in [5, 5.41) is 7.57. The molecular formula is C5H12BN2. The summed E-state index contributed by atoms with van der Waals surface area (Å²) >= 11 is 0. The van der Waals surface area contributed by atoms with Gasteiger partial charge in [0.2, 0.25) is 0 Å². The van der Waals surface area contributed by atoms with Crippen LogP contribution in [0.1, 0.15) is 0 Å². The molecule has 0 aromatic carbocycles. The highest BCUT2D eigenvalue weighted by Crippen LogP contribution is 1.47. The van der Waals surface area contributed by atoms with Crippen LogP contribution in [-0.4, -0.2) is 33.3 Å². The molecule has 0 saturated heterocycles. The van der Waals surface area contributed by atoms with E-state index in [0.29, 0.717) is 0 Å². The molecule has 0 N–H and O–H groups in total. The third-order valence-corrected chi connectivity index (χ3v) is 0.129. The molecule has 8 heavy (non-hydrogen) atoms. The summed E-state index contributed by atoms with van der Waals surface area (Å²) in [5.41, 5.74) is 0. The first-order valence-corrected chi connectivity index (χ1v) is 2.43. The summed E-state index contributed by atoms with van der Waals surface area (Å²) in [6, 6.07) is 0. The van der Waals surface area contributed by atoms with E-state index in [4.69, 9.17) is 5.26 Å². The first-order chi connectivity index (χ1) is 3.65. The quantitative estimate of drug-likeness (QED) is 0.423.